The molecule has 0 aliphatic rings. The highest BCUT2D eigenvalue weighted by atomic mass is 79.9. The lowest BCUT2D eigenvalue weighted by Gasteiger charge is -2.09. The molecule has 5 heteroatoms. The van der Waals surface area contributed by atoms with Crippen LogP contribution >= 0.6 is 15.9 Å². The van der Waals surface area contributed by atoms with Gasteiger partial charge in [0.25, 0.3) is 0 Å². The molecule has 1 N–H and O–H groups in total. The first-order valence-corrected chi connectivity index (χ1v) is 6.83. The summed E-state index contributed by atoms with van der Waals surface area (Å²) in [5, 5.41) is 9.01. The van der Waals surface area contributed by atoms with E-state index < -0.39 is 5.97 Å². The molecule has 4 nitrogen and oxygen atoms in total. The number of carboxylic acids is 1. The van der Waals surface area contributed by atoms with Crippen LogP contribution in [0.1, 0.15) is 15.9 Å². The number of benzene rings is 2. The van der Waals surface area contributed by atoms with E-state index in [-0.39, 0.29) is 5.56 Å². The second-order valence-electron chi connectivity index (χ2n) is 4.53. The van der Waals surface area contributed by atoms with Crippen LogP contribution in [0.2, 0.25) is 0 Å². The van der Waals surface area contributed by atoms with Gasteiger partial charge in [-0.15, -0.1) is 0 Å². The Bertz CT molecular complexity index is 824. The van der Waals surface area contributed by atoms with Crippen LogP contribution in [-0.4, -0.2) is 20.6 Å². The van der Waals surface area contributed by atoms with Crippen LogP contribution in [0.5, 0.6) is 0 Å². The van der Waals surface area contributed by atoms with Crippen molar-refractivity contribution >= 4 is 32.9 Å². The molecule has 0 saturated heterocycles. The van der Waals surface area contributed by atoms with Crippen LogP contribution in [-0.2, 0) is 0 Å². The van der Waals surface area contributed by atoms with Crippen LogP contribution in [0.15, 0.2) is 47.2 Å². The number of imidazole rings is 1. The number of aromatic nitrogens is 2. The maximum Gasteiger partial charge on any atom is 0.335 e. The van der Waals surface area contributed by atoms with Crippen molar-refractivity contribution < 1.29 is 9.90 Å². The summed E-state index contributed by atoms with van der Waals surface area (Å²) in [5.74, 6) is -0.946. The molecule has 0 amide bonds. The van der Waals surface area contributed by atoms with Crippen molar-refractivity contribution in [1.82, 2.24) is 9.55 Å². The van der Waals surface area contributed by atoms with Crippen molar-refractivity contribution in [3.63, 3.8) is 0 Å². The highest BCUT2D eigenvalue weighted by Gasteiger charge is 2.11. The molecule has 0 atom stereocenters. The van der Waals surface area contributed by atoms with Crippen molar-refractivity contribution in [2.45, 2.75) is 6.92 Å². The lowest BCUT2D eigenvalue weighted by molar-refractivity contribution is 0.0697. The van der Waals surface area contributed by atoms with E-state index in [1.54, 1.807) is 24.5 Å². The quantitative estimate of drug-likeness (QED) is 0.777. The number of carboxylic acid groups (broad SMARTS) is 1. The Balaban J connectivity index is 2.23. The van der Waals surface area contributed by atoms with Gasteiger partial charge < -0.3 is 5.11 Å². The number of halogens is 1. The first kappa shape index (κ1) is 12.9. The Morgan fingerprint density at radius 3 is 2.85 bits per heavy atom. The van der Waals surface area contributed by atoms with Crippen LogP contribution in [0, 0.1) is 6.92 Å². The lowest BCUT2D eigenvalue weighted by atomic mass is 10.2. The van der Waals surface area contributed by atoms with Gasteiger partial charge in [0.05, 0.1) is 22.3 Å². The Labute approximate surface area is 123 Å². The smallest absolute Gasteiger partial charge is 0.335 e. The van der Waals surface area contributed by atoms with E-state index in [4.69, 9.17) is 5.11 Å². The maximum absolute atomic E-state index is 11.0. The monoisotopic (exact) mass is 330 g/mol. The summed E-state index contributed by atoms with van der Waals surface area (Å²) in [6, 6.07) is 10.9. The molecule has 100 valence electrons. The predicted octanol–water partition coefficient (Wildman–Crippen LogP) is 3.79. The Morgan fingerprint density at radius 2 is 2.10 bits per heavy atom. The Hall–Kier alpha value is -2.14. The van der Waals surface area contributed by atoms with Gasteiger partial charge in [-0.25, -0.2) is 9.78 Å². The van der Waals surface area contributed by atoms with E-state index in [9.17, 15) is 4.79 Å². The van der Waals surface area contributed by atoms with Crippen molar-refractivity contribution in [3.8, 4) is 5.69 Å². The van der Waals surface area contributed by atoms with E-state index in [0.29, 0.717) is 5.52 Å². The Kier molecular flexibility index (Phi) is 3.06. The zero-order chi connectivity index (χ0) is 14.3. The van der Waals surface area contributed by atoms with Gasteiger partial charge in [0.2, 0.25) is 0 Å². The molecule has 0 aliphatic heterocycles. The highest BCUT2D eigenvalue weighted by Crippen LogP contribution is 2.27. The van der Waals surface area contributed by atoms with E-state index in [2.05, 4.69) is 20.9 Å². The lowest BCUT2D eigenvalue weighted by Crippen LogP contribution is -1.97. The summed E-state index contributed by atoms with van der Waals surface area (Å²) >= 11 is 3.58. The number of carbonyl (C=O) groups is 1. The molecule has 3 aromatic rings. The molecule has 1 aromatic heterocycles. The van der Waals surface area contributed by atoms with Gasteiger partial charge >= 0.3 is 5.97 Å². The number of aryl methyl sites for hydroxylation is 1. The summed E-state index contributed by atoms with van der Waals surface area (Å²) in [7, 11) is 0. The minimum atomic E-state index is -0.946. The van der Waals surface area contributed by atoms with Gasteiger partial charge in [-0.05, 0) is 52.7 Å². The summed E-state index contributed by atoms with van der Waals surface area (Å²) < 4.78 is 2.94. The van der Waals surface area contributed by atoms with Crippen molar-refractivity contribution in [2.75, 3.05) is 0 Å². The minimum absolute atomic E-state index is 0.242. The Morgan fingerprint density at radius 1 is 1.30 bits per heavy atom. The topological polar surface area (TPSA) is 55.1 Å². The third-order valence-corrected chi connectivity index (χ3v) is 4.26. The first-order valence-electron chi connectivity index (χ1n) is 6.04. The molecule has 0 radical (unpaired) electrons. The van der Waals surface area contributed by atoms with E-state index in [1.165, 1.54) is 0 Å². The highest BCUT2D eigenvalue weighted by molar-refractivity contribution is 9.10. The zero-order valence-corrected chi connectivity index (χ0v) is 12.3. The summed E-state index contributed by atoms with van der Waals surface area (Å²) in [6.07, 6.45) is 1.70. The van der Waals surface area contributed by atoms with Crippen LogP contribution < -0.4 is 0 Å². The zero-order valence-electron chi connectivity index (χ0n) is 10.7. The van der Waals surface area contributed by atoms with E-state index in [1.807, 2.05) is 29.7 Å². The average molecular weight is 331 g/mol. The fourth-order valence-corrected chi connectivity index (χ4v) is 2.61. The molecule has 0 bridgehead atoms. The van der Waals surface area contributed by atoms with Crippen LogP contribution in [0.4, 0.5) is 0 Å². The number of aromatic carboxylic acids is 1. The number of fused-ring (bicyclic) bond motifs is 1. The number of hydrogen-bond donors (Lipinski definition) is 1. The summed E-state index contributed by atoms with van der Waals surface area (Å²) in [4.78, 5) is 15.3. The van der Waals surface area contributed by atoms with Crippen LogP contribution in [0.3, 0.4) is 0 Å². The second kappa shape index (κ2) is 4.76. The second-order valence-corrected chi connectivity index (χ2v) is 5.32. The van der Waals surface area contributed by atoms with Gasteiger partial charge in [0.15, 0.2) is 0 Å². The normalized spacial score (nSPS) is 10.9. The van der Waals surface area contributed by atoms with Gasteiger partial charge in [-0.2, -0.15) is 0 Å². The minimum Gasteiger partial charge on any atom is -0.478 e. The number of rotatable bonds is 2. The SMILES string of the molecule is Cc1cccc(-n2cnc3cc(C(=O)O)ccc32)c1Br. The molecule has 0 spiro atoms. The molecule has 0 aliphatic carbocycles. The number of nitrogens with zero attached hydrogens (tertiary/aromatic N) is 2. The largest absolute Gasteiger partial charge is 0.478 e. The molecule has 0 unspecified atom stereocenters. The third kappa shape index (κ3) is 2.00. The van der Waals surface area contributed by atoms with Crippen molar-refractivity contribution in [2.24, 2.45) is 0 Å². The van der Waals surface area contributed by atoms with Crippen LogP contribution in [0.25, 0.3) is 16.7 Å². The van der Waals surface area contributed by atoms with Gasteiger partial charge in [-0.3, -0.25) is 4.57 Å². The molecule has 3 rings (SSSR count). The first-order chi connectivity index (χ1) is 9.58. The maximum atomic E-state index is 11.0. The van der Waals surface area contributed by atoms with Crippen molar-refractivity contribution in [3.05, 3.63) is 58.3 Å². The third-order valence-electron chi connectivity index (χ3n) is 3.23. The van der Waals surface area contributed by atoms with Gasteiger partial charge in [-0.1, -0.05) is 12.1 Å². The summed E-state index contributed by atoms with van der Waals surface area (Å²) in [5.41, 5.74) is 3.90. The number of hydrogen-bond acceptors (Lipinski definition) is 2. The molecular weight excluding hydrogens is 320 g/mol. The van der Waals surface area contributed by atoms with Crippen molar-refractivity contribution in [1.29, 1.82) is 0 Å². The fourth-order valence-electron chi connectivity index (χ4n) is 2.16. The molecule has 20 heavy (non-hydrogen) atoms. The van der Waals surface area contributed by atoms with E-state index in [0.717, 1.165) is 21.2 Å². The molecule has 0 saturated carbocycles. The van der Waals surface area contributed by atoms with Gasteiger partial charge in [0, 0.05) is 4.47 Å². The molecular formula is C15H11BrN2O2. The fraction of sp³-hybridized carbons (Fsp3) is 0.0667. The van der Waals surface area contributed by atoms with E-state index >= 15 is 0 Å². The summed E-state index contributed by atoms with van der Waals surface area (Å²) in [6.45, 7) is 2.02. The molecule has 1 heterocycles. The average Bonchev–Trinajstić information content (AvgIpc) is 2.84. The van der Waals surface area contributed by atoms with Gasteiger partial charge in [0.1, 0.15) is 6.33 Å². The predicted molar refractivity (Wildman–Crippen MR) is 80.5 cm³/mol. The molecule has 0 fully saturated rings. The standard InChI is InChI=1S/C15H11BrN2O2/c1-9-3-2-4-13(14(9)16)18-8-17-11-7-10(15(19)20)5-6-12(11)18/h2-8H,1H3,(H,19,20). The molecule has 2 aromatic carbocycles.